The van der Waals surface area contributed by atoms with Gasteiger partial charge in [-0.15, -0.1) is 0 Å². The minimum absolute atomic E-state index is 0.298. The summed E-state index contributed by atoms with van der Waals surface area (Å²) in [4.78, 5) is 1.91. The van der Waals surface area contributed by atoms with Gasteiger partial charge in [0.1, 0.15) is 6.54 Å². The summed E-state index contributed by atoms with van der Waals surface area (Å²) in [5.74, 6) is -0.455. The number of rotatable bonds is 5. The monoisotopic (exact) mass is 354 g/mol. The van der Waals surface area contributed by atoms with Crippen LogP contribution in [0, 0.1) is 0 Å². The molecule has 0 spiro atoms. The molecule has 0 saturated heterocycles. The van der Waals surface area contributed by atoms with E-state index in [4.69, 9.17) is 16.7 Å². The Hall–Kier alpha value is -2.93. The van der Waals surface area contributed by atoms with Gasteiger partial charge in [-0.3, -0.25) is 0 Å². The summed E-state index contributed by atoms with van der Waals surface area (Å²) in [6.07, 6.45) is 0. The van der Waals surface area contributed by atoms with Crippen LogP contribution in [0.2, 0.25) is 0 Å². The van der Waals surface area contributed by atoms with Gasteiger partial charge in [0, 0.05) is 12.2 Å². The van der Waals surface area contributed by atoms with Crippen LogP contribution in [0.25, 0.3) is 0 Å². The molecule has 1 aromatic heterocycles. The zero-order valence-corrected chi connectivity index (χ0v) is 14.6. The molecule has 25 heavy (non-hydrogen) atoms. The van der Waals surface area contributed by atoms with Crippen LogP contribution in [0.1, 0.15) is 11.3 Å². The lowest BCUT2D eigenvalue weighted by Gasteiger charge is -2.24. The number of hydrogen-bond donors (Lipinski definition) is 1. The quantitative estimate of drug-likeness (QED) is 0.558. The predicted octanol–water partition coefficient (Wildman–Crippen LogP) is 1.97. The minimum Gasteiger partial charge on any atom is -0.539 e. The first-order valence-electron chi connectivity index (χ1n) is 7.80. The first-order valence-corrected chi connectivity index (χ1v) is 8.21. The van der Waals surface area contributed by atoms with Gasteiger partial charge in [-0.1, -0.05) is 53.2 Å². The van der Waals surface area contributed by atoms with E-state index in [0.29, 0.717) is 23.9 Å². The maximum absolute atomic E-state index is 11.9. The van der Waals surface area contributed by atoms with Gasteiger partial charge in [0.2, 0.25) is 0 Å². The fraction of sp³-hybridized carbons (Fsp3) is 0.167. The van der Waals surface area contributed by atoms with Gasteiger partial charge >= 0.3 is 0 Å². The summed E-state index contributed by atoms with van der Waals surface area (Å²) in [7, 11) is 1.68. The van der Waals surface area contributed by atoms with E-state index >= 15 is 0 Å². The lowest BCUT2D eigenvalue weighted by molar-refractivity contribution is -0.746. The zero-order valence-electron chi connectivity index (χ0n) is 13.8. The highest BCUT2D eigenvalue weighted by Crippen LogP contribution is 2.15. The topological polar surface area (TPSA) is 68.2 Å². The Labute approximate surface area is 151 Å². The molecule has 0 atom stereocenters. The summed E-state index contributed by atoms with van der Waals surface area (Å²) in [5.41, 5.74) is 2.42. The van der Waals surface area contributed by atoms with Crippen LogP contribution in [-0.4, -0.2) is 15.3 Å². The van der Waals surface area contributed by atoms with Crippen molar-refractivity contribution >= 4 is 23.0 Å². The van der Waals surface area contributed by atoms with Gasteiger partial charge in [-0.25, -0.2) is 0 Å². The Morgan fingerprint density at radius 1 is 1.12 bits per heavy atom. The summed E-state index contributed by atoms with van der Waals surface area (Å²) in [6, 6.07) is 19.6. The summed E-state index contributed by atoms with van der Waals surface area (Å²) >= 11 is 5.57. The van der Waals surface area contributed by atoms with E-state index in [2.05, 4.69) is 10.6 Å². The van der Waals surface area contributed by atoms with Crippen molar-refractivity contribution in [1.82, 2.24) is 10.2 Å². The van der Waals surface area contributed by atoms with Crippen LogP contribution >= 0.6 is 12.2 Å². The van der Waals surface area contributed by atoms with Crippen molar-refractivity contribution in [2.45, 2.75) is 13.1 Å². The van der Waals surface area contributed by atoms with Crippen molar-refractivity contribution in [3.8, 4) is 5.95 Å². The average Bonchev–Trinajstić information content (AvgIpc) is 2.95. The molecule has 0 amide bonds. The van der Waals surface area contributed by atoms with Crippen LogP contribution in [0.15, 0.2) is 65.2 Å². The third kappa shape index (κ3) is 4.33. The Balaban J connectivity index is 1.81. The standard InChI is InChI=1S/C18H18N4O2S/c1-21-16(17(23)24-20-21)13-22(12-14-8-4-2-5-9-14)18(25)19-15-10-6-3-7-11-15/h2-11H,12-13H2,1H3,(H-,19,20,23,25). The second-order valence-corrected chi connectivity index (χ2v) is 5.96. The molecule has 0 aliphatic carbocycles. The molecular weight excluding hydrogens is 336 g/mol. The number of hydrogen-bond acceptors (Lipinski definition) is 4. The number of nitrogens with one attached hydrogen (secondary N) is 1. The van der Waals surface area contributed by atoms with Gasteiger partial charge in [0.15, 0.2) is 18.1 Å². The normalized spacial score (nSPS) is 10.4. The van der Waals surface area contributed by atoms with Crippen LogP contribution in [0.3, 0.4) is 0 Å². The SMILES string of the molecule is C[n+]1noc([O-])c1CN(Cc1ccccc1)C(=S)Nc1ccccc1. The molecule has 0 unspecified atom stereocenters. The van der Waals surface area contributed by atoms with Gasteiger partial charge in [0.05, 0.1) is 5.27 Å². The van der Waals surface area contributed by atoms with Gasteiger partial charge in [-0.05, 0) is 29.9 Å². The smallest absolute Gasteiger partial charge is 0.252 e. The molecule has 0 aliphatic heterocycles. The van der Waals surface area contributed by atoms with Gasteiger partial charge < -0.3 is 19.8 Å². The lowest BCUT2D eigenvalue weighted by Crippen LogP contribution is -2.41. The van der Waals surface area contributed by atoms with Crippen molar-refractivity contribution in [3.05, 3.63) is 71.9 Å². The van der Waals surface area contributed by atoms with E-state index in [1.807, 2.05) is 65.6 Å². The Kier molecular flexibility index (Phi) is 5.25. The average molecular weight is 354 g/mol. The second kappa shape index (κ2) is 7.76. The summed E-state index contributed by atoms with van der Waals surface area (Å²) in [6.45, 7) is 0.858. The molecular formula is C18H18N4O2S. The molecule has 7 heteroatoms. The number of nitrogens with zero attached hydrogens (tertiary/aromatic N) is 3. The number of aryl methyl sites for hydroxylation is 1. The van der Waals surface area contributed by atoms with Gasteiger partial charge in [-0.2, -0.15) is 0 Å². The number of thiocarbonyl (C=S) groups is 1. The highest BCUT2D eigenvalue weighted by molar-refractivity contribution is 7.80. The first kappa shape index (κ1) is 16.9. The Bertz CT molecular complexity index is 817. The van der Waals surface area contributed by atoms with E-state index < -0.39 is 5.95 Å². The lowest BCUT2D eigenvalue weighted by atomic mass is 10.2. The maximum atomic E-state index is 11.9. The highest BCUT2D eigenvalue weighted by atomic mass is 32.1. The van der Waals surface area contributed by atoms with E-state index in [1.54, 1.807) is 7.05 Å². The number of benzene rings is 2. The second-order valence-electron chi connectivity index (χ2n) is 5.57. The van der Waals surface area contributed by atoms with E-state index in [-0.39, 0.29) is 0 Å². The van der Waals surface area contributed by atoms with Crippen LogP contribution < -0.4 is 15.1 Å². The van der Waals surface area contributed by atoms with Crippen molar-refractivity contribution in [2.24, 2.45) is 7.05 Å². The number of para-hydroxylation sites is 1. The van der Waals surface area contributed by atoms with Crippen LogP contribution in [-0.2, 0) is 20.1 Å². The molecule has 3 rings (SSSR count). The maximum Gasteiger partial charge on any atom is 0.252 e. The van der Waals surface area contributed by atoms with Crippen molar-refractivity contribution in [2.75, 3.05) is 5.32 Å². The van der Waals surface area contributed by atoms with Crippen LogP contribution in [0.4, 0.5) is 5.69 Å². The first-order chi connectivity index (χ1) is 12.1. The zero-order chi connectivity index (χ0) is 17.6. The van der Waals surface area contributed by atoms with Gasteiger partial charge in [0.25, 0.3) is 5.69 Å². The van der Waals surface area contributed by atoms with Crippen molar-refractivity contribution < 1.29 is 14.3 Å². The molecule has 1 heterocycles. The van der Waals surface area contributed by atoms with E-state index in [9.17, 15) is 5.11 Å². The third-order valence-electron chi connectivity index (χ3n) is 3.74. The molecule has 6 nitrogen and oxygen atoms in total. The molecule has 0 fully saturated rings. The Morgan fingerprint density at radius 2 is 1.76 bits per heavy atom. The Morgan fingerprint density at radius 3 is 2.36 bits per heavy atom. The number of aromatic nitrogens is 2. The third-order valence-corrected chi connectivity index (χ3v) is 4.10. The van der Waals surface area contributed by atoms with Crippen LogP contribution in [0.5, 0.6) is 5.95 Å². The molecule has 128 valence electrons. The number of anilines is 1. The van der Waals surface area contributed by atoms with Crippen molar-refractivity contribution in [1.29, 1.82) is 0 Å². The fourth-order valence-corrected chi connectivity index (χ4v) is 2.65. The summed E-state index contributed by atoms with van der Waals surface area (Å²) in [5, 5.41) is 19.3. The highest BCUT2D eigenvalue weighted by Gasteiger charge is 2.20. The molecule has 2 aromatic carbocycles. The summed E-state index contributed by atoms with van der Waals surface area (Å²) < 4.78 is 6.15. The molecule has 1 N–H and O–H groups in total. The molecule has 3 aromatic rings. The van der Waals surface area contributed by atoms with Crippen molar-refractivity contribution in [3.63, 3.8) is 0 Å². The fourth-order valence-electron chi connectivity index (χ4n) is 2.41. The molecule has 0 aliphatic rings. The molecule has 0 bridgehead atoms. The molecule has 0 saturated carbocycles. The predicted molar refractivity (Wildman–Crippen MR) is 95.5 cm³/mol. The minimum atomic E-state index is -0.455. The molecule has 0 radical (unpaired) electrons. The van der Waals surface area contributed by atoms with E-state index in [1.165, 1.54) is 4.68 Å². The van der Waals surface area contributed by atoms with E-state index in [0.717, 1.165) is 11.3 Å². The largest absolute Gasteiger partial charge is 0.539 e.